The van der Waals surface area contributed by atoms with E-state index in [2.05, 4.69) is 12.2 Å². The molecular weight excluding hydrogens is 416 g/mol. The van der Waals surface area contributed by atoms with Crippen LogP contribution in [0.3, 0.4) is 0 Å². The number of ether oxygens (including phenoxy) is 2. The molecular formula is C27H42N2O4. The van der Waals surface area contributed by atoms with E-state index in [9.17, 15) is 9.59 Å². The van der Waals surface area contributed by atoms with E-state index in [1.54, 1.807) is 44.3 Å². The Morgan fingerprint density at radius 1 is 1.09 bits per heavy atom. The molecule has 1 aromatic carbocycles. The van der Waals surface area contributed by atoms with Crippen LogP contribution in [0.4, 0.5) is 5.69 Å². The minimum atomic E-state index is -0.951. The smallest absolute Gasteiger partial charge is 0.247 e. The monoisotopic (exact) mass is 458 g/mol. The molecule has 1 unspecified atom stereocenters. The third-order valence-electron chi connectivity index (χ3n) is 6.82. The van der Waals surface area contributed by atoms with E-state index in [1.165, 1.54) is 51.5 Å². The van der Waals surface area contributed by atoms with E-state index < -0.39 is 5.54 Å². The van der Waals surface area contributed by atoms with Crippen LogP contribution >= 0.6 is 0 Å². The van der Waals surface area contributed by atoms with Crippen LogP contribution in [0.5, 0.6) is 11.5 Å². The van der Waals surface area contributed by atoms with Gasteiger partial charge in [0.05, 0.1) is 19.9 Å². The first kappa shape index (κ1) is 26.7. The van der Waals surface area contributed by atoms with Gasteiger partial charge in [-0.2, -0.15) is 0 Å². The van der Waals surface area contributed by atoms with Gasteiger partial charge in [-0.3, -0.25) is 9.59 Å². The fourth-order valence-electron chi connectivity index (χ4n) is 4.50. The second kappa shape index (κ2) is 12.7. The predicted octanol–water partition coefficient (Wildman–Crippen LogP) is 5.71. The molecule has 1 N–H and O–H groups in total. The molecule has 1 atom stereocenters. The van der Waals surface area contributed by atoms with Crippen molar-refractivity contribution < 1.29 is 19.1 Å². The maximum atomic E-state index is 12.8. The van der Waals surface area contributed by atoms with Crippen molar-refractivity contribution >= 4 is 23.5 Å². The number of methoxy groups -OCH3 is 2. The largest absolute Gasteiger partial charge is 0.496 e. The topological polar surface area (TPSA) is 67.9 Å². The average Bonchev–Trinajstić information content (AvgIpc) is 3.03. The number of benzene rings is 1. The van der Waals surface area contributed by atoms with Gasteiger partial charge in [0, 0.05) is 24.7 Å². The average molecular weight is 459 g/mol. The third kappa shape index (κ3) is 6.75. The van der Waals surface area contributed by atoms with Gasteiger partial charge in [0.15, 0.2) is 5.78 Å². The molecule has 1 saturated carbocycles. The van der Waals surface area contributed by atoms with Crippen LogP contribution in [-0.2, 0) is 9.59 Å². The van der Waals surface area contributed by atoms with Crippen molar-refractivity contribution in [3.8, 4) is 11.5 Å². The van der Waals surface area contributed by atoms with Gasteiger partial charge >= 0.3 is 0 Å². The number of Topliss-reactive ketones (excluding diaryl/α,β-unsaturated/α-hetero) is 1. The van der Waals surface area contributed by atoms with Crippen LogP contribution in [0, 0.1) is 5.92 Å². The summed E-state index contributed by atoms with van der Waals surface area (Å²) in [7, 11) is 3.16. The Kier molecular flexibility index (Phi) is 10.3. The van der Waals surface area contributed by atoms with E-state index in [-0.39, 0.29) is 18.2 Å². The molecule has 0 saturated heterocycles. The molecule has 1 heterocycles. The van der Waals surface area contributed by atoms with Gasteiger partial charge in [-0.15, -0.1) is 0 Å². The van der Waals surface area contributed by atoms with Crippen LogP contribution in [0.25, 0.3) is 6.08 Å². The van der Waals surface area contributed by atoms with Gasteiger partial charge in [-0.1, -0.05) is 52.4 Å². The van der Waals surface area contributed by atoms with Crippen LogP contribution in [-0.4, -0.2) is 49.4 Å². The van der Waals surface area contributed by atoms with Gasteiger partial charge in [0.25, 0.3) is 0 Å². The maximum Gasteiger partial charge on any atom is 0.247 e. The highest BCUT2D eigenvalue weighted by Gasteiger charge is 2.39. The molecule has 1 aromatic rings. The molecule has 1 fully saturated rings. The van der Waals surface area contributed by atoms with Crippen molar-refractivity contribution in [1.29, 1.82) is 0 Å². The second-order valence-corrected chi connectivity index (χ2v) is 9.36. The van der Waals surface area contributed by atoms with Gasteiger partial charge in [-0.05, 0) is 44.4 Å². The number of rotatable bonds is 5. The number of hydrogen-bond acceptors (Lipinski definition) is 5. The predicted molar refractivity (Wildman–Crippen MR) is 135 cm³/mol. The molecule has 2 aliphatic rings. The van der Waals surface area contributed by atoms with Crippen LogP contribution < -0.4 is 14.8 Å². The van der Waals surface area contributed by atoms with Crippen molar-refractivity contribution in [1.82, 2.24) is 4.90 Å². The lowest BCUT2D eigenvalue weighted by atomic mass is 9.94. The zero-order valence-electron chi connectivity index (χ0n) is 21.3. The summed E-state index contributed by atoms with van der Waals surface area (Å²) in [6, 6.07) is 3.59. The lowest BCUT2D eigenvalue weighted by Gasteiger charge is -2.39. The normalized spacial score (nSPS) is 22.2. The summed E-state index contributed by atoms with van der Waals surface area (Å²) in [5.41, 5.74) is 0.476. The van der Waals surface area contributed by atoms with Gasteiger partial charge in [0.1, 0.15) is 17.0 Å². The lowest BCUT2D eigenvalue weighted by molar-refractivity contribution is -0.140. The Hall–Kier alpha value is -2.50. The molecule has 0 radical (unpaired) electrons. The number of nitrogens with zero attached hydrogens (tertiary/aromatic N) is 1. The molecule has 3 rings (SSSR count). The SMILES string of the molecule is CC1CCCCCC1.CCCN1C(=O)/C=C/c2c(OC)ccc(OC)c2NCC1(C)C(C)=O. The number of amides is 1. The van der Waals surface area contributed by atoms with Crippen molar-refractivity contribution in [3.63, 3.8) is 0 Å². The number of hydrogen-bond donors (Lipinski definition) is 1. The van der Waals surface area contributed by atoms with E-state index in [0.29, 0.717) is 23.7 Å². The summed E-state index contributed by atoms with van der Waals surface area (Å²) < 4.78 is 10.9. The molecule has 6 heteroatoms. The van der Waals surface area contributed by atoms with Gasteiger partial charge < -0.3 is 19.7 Å². The van der Waals surface area contributed by atoms with Crippen molar-refractivity contribution in [2.24, 2.45) is 5.92 Å². The number of ketones is 1. The second-order valence-electron chi connectivity index (χ2n) is 9.36. The highest BCUT2D eigenvalue weighted by atomic mass is 16.5. The van der Waals surface area contributed by atoms with E-state index in [0.717, 1.165) is 17.9 Å². The van der Waals surface area contributed by atoms with E-state index in [1.807, 2.05) is 6.92 Å². The van der Waals surface area contributed by atoms with Gasteiger partial charge in [0.2, 0.25) is 5.91 Å². The molecule has 1 aliphatic heterocycles. The van der Waals surface area contributed by atoms with Crippen molar-refractivity contribution in [2.45, 2.75) is 78.2 Å². The molecule has 0 aromatic heterocycles. The highest BCUT2D eigenvalue weighted by molar-refractivity contribution is 5.99. The number of carbonyl (C=O) groups is 2. The Balaban J connectivity index is 0.000000405. The highest BCUT2D eigenvalue weighted by Crippen LogP contribution is 2.38. The number of carbonyl (C=O) groups excluding carboxylic acids is 2. The first-order valence-electron chi connectivity index (χ1n) is 12.3. The summed E-state index contributed by atoms with van der Waals surface area (Å²) >= 11 is 0. The summed E-state index contributed by atoms with van der Waals surface area (Å²) in [6.45, 7) is 8.46. The summed E-state index contributed by atoms with van der Waals surface area (Å²) in [5.74, 6) is 2.01. The minimum Gasteiger partial charge on any atom is -0.496 e. The minimum absolute atomic E-state index is 0.0690. The molecule has 0 spiro atoms. The van der Waals surface area contributed by atoms with Crippen LogP contribution in [0.2, 0.25) is 0 Å². The standard InChI is InChI=1S/C19H26N2O4.C8H16/c1-6-11-21-17(23)10-7-14-15(24-4)8-9-16(25-5)18(14)20-12-19(21,3)13(2)22;1-8-6-4-2-3-5-7-8/h7-10,20H,6,11-12H2,1-5H3;8H,2-7H2,1H3/b10-7+;. The molecule has 1 amide bonds. The zero-order chi connectivity index (χ0) is 24.4. The first-order valence-corrected chi connectivity index (χ1v) is 12.3. The quantitative estimate of drug-likeness (QED) is 0.573. The number of anilines is 1. The zero-order valence-corrected chi connectivity index (χ0v) is 21.3. The number of fused-ring (bicyclic) bond motifs is 1. The first-order chi connectivity index (χ1) is 15.8. The Bertz CT molecular complexity index is 828. The summed E-state index contributed by atoms with van der Waals surface area (Å²) in [5, 5.41) is 3.31. The molecule has 1 aliphatic carbocycles. The van der Waals surface area contributed by atoms with Crippen molar-refractivity contribution in [2.75, 3.05) is 32.6 Å². The fourth-order valence-corrected chi connectivity index (χ4v) is 4.50. The van der Waals surface area contributed by atoms with Crippen molar-refractivity contribution in [3.05, 3.63) is 23.8 Å². The van der Waals surface area contributed by atoms with Crippen LogP contribution in [0.15, 0.2) is 18.2 Å². The number of nitrogens with one attached hydrogen (secondary N) is 1. The Morgan fingerprint density at radius 2 is 1.70 bits per heavy atom. The van der Waals surface area contributed by atoms with E-state index >= 15 is 0 Å². The van der Waals surface area contributed by atoms with Crippen LogP contribution in [0.1, 0.15) is 78.2 Å². The molecule has 6 nitrogen and oxygen atoms in total. The maximum absolute atomic E-state index is 12.8. The summed E-state index contributed by atoms with van der Waals surface area (Å²) in [4.78, 5) is 26.8. The molecule has 33 heavy (non-hydrogen) atoms. The lowest BCUT2D eigenvalue weighted by Crippen LogP contribution is -2.58. The Labute approximate surface area is 199 Å². The summed E-state index contributed by atoms with van der Waals surface area (Å²) in [6.07, 6.45) is 12.9. The fraction of sp³-hybridized carbons (Fsp3) is 0.630. The van der Waals surface area contributed by atoms with E-state index in [4.69, 9.17) is 9.47 Å². The Morgan fingerprint density at radius 3 is 2.24 bits per heavy atom. The third-order valence-corrected chi connectivity index (χ3v) is 6.82. The molecule has 184 valence electrons. The van der Waals surface area contributed by atoms with Gasteiger partial charge in [-0.25, -0.2) is 0 Å². The molecule has 0 bridgehead atoms.